The molecule has 1 aromatic heterocycles. The number of imidazole rings is 1. The monoisotopic (exact) mass is 417 g/mol. The summed E-state index contributed by atoms with van der Waals surface area (Å²) < 4.78 is 35.2. The average molecular weight is 417 g/mol. The second kappa shape index (κ2) is 7.21. The van der Waals surface area contributed by atoms with Crippen LogP contribution in [0.2, 0.25) is 0 Å². The molecule has 1 aliphatic rings. The molecule has 0 bridgehead atoms. The molecule has 3 aromatic rings. The smallest absolute Gasteiger partial charge is 0.387 e. The van der Waals surface area contributed by atoms with Gasteiger partial charge in [-0.3, -0.25) is 0 Å². The zero-order chi connectivity index (χ0) is 20.8. The third kappa shape index (κ3) is 3.73. The lowest BCUT2D eigenvalue weighted by Gasteiger charge is -2.41. The van der Waals surface area contributed by atoms with Crippen LogP contribution in [-0.2, 0) is 0 Å². The number of nitrogens with one attached hydrogen (secondary N) is 1. The van der Waals surface area contributed by atoms with Gasteiger partial charge < -0.3 is 19.6 Å². The molecule has 1 aliphatic heterocycles. The van der Waals surface area contributed by atoms with E-state index in [0.717, 1.165) is 0 Å². The molecule has 2 N–H and O–H groups in total. The van der Waals surface area contributed by atoms with Crippen LogP contribution >= 0.6 is 11.8 Å². The summed E-state index contributed by atoms with van der Waals surface area (Å²) in [5.41, 5.74) is 1.44. The number of ether oxygens (including phenoxy) is 2. The lowest BCUT2D eigenvalue weighted by Crippen LogP contribution is -2.48. The van der Waals surface area contributed by atoms with Gasteiger partial charge in [0.2, 0.25) is 0 Å². The number of alkyl halides is 2. The first-order valence-corrected chi connectivity index (χ1v) is 9.67. The normalized spacial score (nSPS) is 20.2. The predicted octanol–water partition coefficient (Wildman–Crippen LogP) is 4.40. The summed E-state index contributed by atoms with van der Waals surface area (Å²) in [5.74, 6) is 0.618. The summed E-state index contributed by atoms with van der Waals surface area (Å²) in [5, 5.41) is 20.2. The van der Waals surface area contributed by atoms with Gasteiger partial charge >= 0.3 is 6.61 Å². The first kappa shape index (κ1) is 19.5. The van der Waals surface area contributed by atoms with Crippen LogP contribution in [0.3, 0.4) is 0 Å². The van der Waals surface area contributed by atoms with Crippen molar-refractivity contribution in [2.24, 2.45) is 0 Å². The van der Waals surface area contributed by atoms with Gasteiger partial charge in [-0.05, 0) is 44.2 Å². The molecule has 2 atom stereocenters. The Morgan fingerprint density at radius 1 is 1.31 bits per heavy atom. The molecule has 0 spiro atoms. The third-order valence-electron chi connectivity index (χ3n) is 4.71. The number of nitrogens with zero attached hydrogens (tertiary/aromatic N) is 2. The van der Waals surface area contributed by atoms with E-state index in [2.05, 4.69) is 20.8 Å². The lowest BCUT2D eigenvalue weighted by atomic mass is 9.90. The quantitative estimate of drug-likeness (QED) is 0.654. The van der Waals surface area contributed by atoms with Gasteiger partial charge in [0, 0.05) is 11.6 Å². The SMILES string of the molecule is CC1(C)Oc2ccc(C#N)cc2C(Sc2nc3cc(OC(F)F)ccc3[nH]2)C1O. The molecule has 0 aliphatic carbocycles. The molecular weight excluding hydrogens is 400 g/mol. The Morgan fingerprint density at radius 3 is 2.83 bits per heavy atom. The number of rotatable bonds is 4. The number of halogens is 2. The molecule has 0 saturated heterocycles. The van der Waals surface area contributed by atoms with E-state index in [9.17, 15) is 19.1 Å². The highest BCUT2D eigenvalue weighted by Crippen LogP contribution is 2.49. The van der Waals surface area contributed by atoms with Crippen molar-refractivity contribution in [2.45, 2.75) is 42.6 Å². The zero-order valence-corrected chi connectivity index (χ0v) is 16.3. The summed E-state index contributed by atoms with van der Waals surface area (Å²) in [4.78, 5) is 7.56. The van der Waals surface area contributed by atoms with Crippen LogP contribution in [-0.4, -0.2) is 33.4 Å². The van der Waals surface area contributed by atoms with Gasteiger partial charge in [-0.15, -0.1) is 0 Å². The molecule has 2 heterocycles. The molecule has 2 unspecified atom stereocenters. The van der Waals surface area contributed by atoms with E-state index < -0.39 is 23.6 Å². The number of fused-ring (bicyclic) bond motifs is 2. The van der Waals surface area contributed by atoms with E-state index in [4.69, 9.17) is 4.74 Å². The lowest BCUT2D eigenvalue weighted by molar-refractivity contribution is -0.0497. The molecule has 0 amide bonds. The van der Waals surface area contributed by atoms with E-state index in [0.29, 0.717) is 33.1 Å². The summed E-state index contributed by atoms with van der Waals surface area (Å²) in [6, 6.07) is 11.6. The van der Waals surface area contributed by atoms with Crippen LogP contribution < -0.4 is 9.47 Å². The van der Waals surface area contributed by atoms with Gasteiger partial charge in [0.05, 0.1) is 27.9 Å². The van der Waals surface area contributed by atoms with Crippen LogP contribution in [0.15, 0.2) is 41.6 Å². The predicted molar refractivity (Wildman–Crippen MR) is 103 cm³/mol. The van der Waals surface area contributed by atoms with Crippen LogP contribution in [0, 0.1) is 11.3 Å². The summed E-state index contributed by atoms with van der Waals surface area (Å²) in [6.45, 7) is 0.670. The van der Waals surface area contributed by atoms with Crippen LogP contribution in [0.5, 0.6) is 11.5 Å². The van der Waals surface area contributed by atoms with Gasteiger partial charge in [-0.25, -0.2) is 4.98 Å². The van der Waals surface area contributed by atoms with Gasteiger partial charge in [0.15, 0.2) is 5.16 Å². The Hall–Kier alpha value is -2.83. The first-order valence-electron chi connectivity index (χ1n) is 8.79. The molecule has 0 fully saturated rings. The van der Waals surface area contributed by atoms with Crippen molar-refractivity contribution in [3.05, 3.63) is 47.5 Å². The minimum atomic E-state index is -2.91. The maximum Gasteiger partial charge on any atom is 0.387 e. The molecular formula is C20H17F2N3O3S. The third-order valence-corrected chi connectivity index (χ3v) is 5.90. The highest BCUT2D eigenvalue weighted by Gasteiger charge is 2.43. The van der Waals surface area contributed by atoms with Crippen molar-refractivity contribution < 1.29 is 23.4 Å². The highest BCUT2D eigenvalue weighted by molar-refractivity contribution is 7.99. The number of nitriles is 1. The number of benzene rings is 2. The topological polar surface area (TPSA) is 91.2 Å². The number of aliphatic hydroxyl groups is 1. The summed E-state index contributed by atoms with van der Waals surface area (Å²) >= 11 is 1.29. The second-order valence-electron chi connectivity index (χ2n) is 7.15. The van der Waals surface area contributed by atoms with E-state index in [-0.39, 0.29) is 5.75 Å². The van der Waals surface area contributed by atoms with E-state index in [1.165, 1.54) is 23.9 Å². The zero-order valence-electron chi connectivity index (χ0n) is 15.5. The first-order chi connectivity index (χ1) is 13.8. The largest absolute Gasteiger partial charge is 0.485 e. The Balaban J connectivity index is 1.70. The number of hydrogen-bond donors (Lipinski definition) is 2. The second-order valence-corrected chi connectivity index (χ2v) is 8.28. The van der Waals surface area contributed by atoms with Crippen LogP contribution in [0.25, 0.3) is 11.0 Å². The minimum absolute atomic E-state index is 0.0202. The van der Waals surface area contributed by atoms with E-state index >= 15 is 0 Å². The minimum Gasteiger partial charge on any atom is -0.485 e. The fraction of sp³-hybridized carbons (Fsp3) is 0.300. The number of aromatic amines is 1. The fourth-order valence-corrected chi connectivity index (χ4v) is 4.58. The van der Waals surface area contributed by atoms with Crippen molar-refractivity contribution in [3.8, 4) is 17.6 Å². The van der Waals surface area contributed by atoms with E-state index in [1.54, 1.807) is 38.1 Å². The highest BCUT2D eigenvalue weighted by atomic mass is 32.2. The van der Waals surface area contributed by atoms with Gasteiger partial charge in [-0.2, -0.15) is 14.0 Å². The molecule has 4 rings (SSSR count). The van der Waals surface area contributed by atoms with Crippen molar-refractivity contribution in [2.75, 3.05) is 0 Å². The standard InChI is InChI=1S/C20H17F2N3O3S/c1-20(2)17(26)16(12-7-10(9-23)3-6-15(12)28-20)29-19-24-13-5-4-11(27-18(21)22)8-14(13)25-19/h3-8,16-18,26H,1-2H3,(H,24,25). The molecule has 9 heteroatoms. The van der Waals surface area contributed by atoms with Crippen LogP contribution in [0.1, 0.15) is 30.2 Å². The number of thioether (sulfide) groups is 1. The van der Waals surface area contributed by atoms with Crippen molar-refractivity contribution >= 4 is 22.8 Å². The maximum atomic E-state index is 12.4. The van der Waals surface area contributed by atoms with Gasteiger partial charge in [0.1, 0.15) is 23.2 Å². The molecule has 6 nitrogen and oxygen atoms in total. The number of aromatic nitrogens is 2. The summed E-state index contributed by atoms with van der Waals surface area (Å²) in [7, 11) is 0. The molecule has 150 valence electrons. The number of aliphatic hydroxyl groups excluding tert-OH is 1. The Labute approximate surface area is 169 Å². The van der Waals surface area contributed by atoms with Crippen LogP contribution in [0.4, 0.5) is 8.78 Å². The fourth-order valence-electron chi connectivity index (χ4n) is 3.25. The van der Waals surface area contributed by atoms with E-state index in [1.807, 2.05) is 0 Å². The van der Waals surface area contributed by atoms with Crippen molar-refractivity contribution in [1.82, 2.24) is 9.97 Å². The molecule has 0 radical (unpaired) electrons. The summed E-state index contributed by atoms with van der Waals surface area (Å²) in [6.07, 6.45) is -0.875. The number of hydrogen-bond acceptors (Lipinski definition) is 6. The average Bonchev–Trinajstić information content (AvgIpc) is 3.06. The number of H-pyrrole nitrogens is 1. The van der Waals surface area contributed by atoms with Gasteiger partial charge in [0.25, 0.3) is 0 Å². The van der Waals surface area contributed by atoms with Crippen molar-refractivity contribution in [1.29, 1.82) is 5.26 Å². The van der Waals surface area contributed by atoms with Gasteiger partial charge in [-0.1, -0.05) is 11.8 Å². The Kier molecular flexibility index (Phi) is 4.84. The maximum absolute atomic E-state index is 12.4. The molecule has 0 saturated carbocycles. The Morgan fingerprint density at radius 2 is 2.10 bits per heavy atom. The molecule has 2 aromatic carbocycles. The Bertz CT molecular complexity index is 1110. The molecule has 29 heavy (non-hydrogen) atoms. The van der Waals surface area contributed by atoms with Crippen molar-refractivity contribution in [3.63, 3.8) is 0 Å².